The van der Waals surface area contributed by atoms with E-state index >= 15 is 0 Å². The molecule has 0 saturated carbocycles. The summed E-state index contributed by atoms with van der Waals surface area (Å²) in [6, 6.07) is 10.0. The summed E-state index contributed by atoms with van der Waals surface area (Å²) in [5.74, 6) is 0. The molecule has 0 aliphatic rings. The van der Waals surface area contributed by atoms with Gasteiger partial charge in [-0.15, -0.1) is 11.3 Å². The van der Waals surface area contributed by atoms with Crippen molar-refractivity contribution in [2.45, 2.75) is 26.4 Å². The summed E-state index contributed by atoms with van der Waals surface area (Å²) in [7, 11) is 0. The number of hydrogen-bond donors (Lipinski definition) is 0. The smallest absolute Gasteiger partial charge is 0.153 e. The third kappa shape index (κ3) is 3.17. The summed E-state index contributed by atoms with van der Waals surface area (Å²) in [6.45, 7) is 5.02. The first-order valence-corrected chi connectivity index (χ1v) is 7.42. The van der Waals surface area contributed by atoms with Crippen molar-refractivity contribution >= 4 is 34.9 Å². The van der Waals surface area contributed by atoms with Crippen molar-refractivity contribution in [2.24, 2.45) is 0 Å². The lowest BCUT2D eigenvalue weighted by molar-refractivity contribution is 0.112. The second kappa shape index (κ2) is 6.22. The lowest BCUT2D eigenvalue weighted by Crippen LogP contribution is -2.30. The summed E-state index contributed by atoms with van der Waals surface area (Å²) in [4.78, 5) is 14.7. The van der Waals surface area contributed by atoms with E-state index in [-0.39, 0.29) is 0 Å². The van der Waals surface area contributed by atoms with Crippen molar-refractivity contribution in [3.8, 4) is 0 Å². The van der Waals surface area contributed by atoms with Crippen molar-refractivity contribution in [1.29, 1.82) is 0 Å². The number of anilines is 1. The van der Waals surface area contributed by atoms with Crippen LogP contribution in [0, 0.1) is 0 Å². The van der Waals surface area contributed by atoms with E-state index in [4.69, 9.17) is 11.6 Å². The molecule has 0 spiro atoms. The topological polar surface area (TPSA) is 20.3 Å². The fourth-order valence-electron chi connectivity index (χ4n) is 2.01. The van der Waals surface area contributed by atoms with Gasteiger partial charge in [-0.05, 0) is 37.4 Å². The average molecular weight is 294 g/mol. The van der Waals surface area contributed by atoms with Gasteiger partial charge < -0.3 is 4.90 Å². The van der Waals surface area contributed by atoms with Crippen molar-refractivity contribution in [3.05, 3.63) is 51.2 Å². The fourth-order valence-corrected chi connectivity index (χ4v) is 2.93. The second-order valence-electron chi connectivity index (χ2n) is 4.59. The fraction of sp³-hybridized carbons (Fsp3) is 0.267. The molecular weight excluding hydrogens is 278 g/mol. The molecule has 4 heteroatoms. The number of hydrogen-bond acceptors (Lipinski definition) is 3. The molecule has 0 fully saturated rings. The summed E-state index contributed by atoms with van der Waals surface area (Å²) in [5.41, 5.74) is 1.46. The summed E-state index contributed by atoms with van der Waals surface area (Å²) < 4.78 is 0. The molecule has 2 nitrogen and oxygen atoms in total. The first kappa shape index (κ1) is 14.1. The van der Waals surface area contributed by atoms with E-state index in [0.717, 1.165) is 18.5 Å². The SMILES string of the molecule is CC(C)N(Cc1cccs1)c1cccc(Cl)c1C=O. The highest BCUT2D eigenvalue weighted by Crippen LogP contribution is 2.29. The maximum absolute atomic E-state index is 11.3. The Morgan fingerprint density at radius 3 is 2.68 bits per heavy atom. The van der Waals surface area contributed by atoms with Crippen LogP contribution in [0.15, 0.2) is 35.7 Å². The van der Waals surface area contributed by atoms with Crippen molar-refractivity contribution in [3.63, 3.8) is 0 Å². The lowest BCUT2D eigenvalue weighted by Gasteiger charge is -2.30. The van der Waals surface area contributed by atoms with Crippen LogP contribution in [-0.4, -0.2) is 12.3 Å². The minimum atomic E-state index is 0.291. The molecule has 0 aliphatic carbocycles. The molecular formula is C15H16ClNOS. The highest BCUT2D eigenvalue weighted by molar-refractivity contribution is 7.09. The molecule has 0 N–H and O–H groups in total. The Balaban J connectivity index is 2.39. The molecule has 2 rings (SSSR count). The minimum Gasteiger partial charge on any atom is -0.363 e. The van der Waals surface area contributed by atoms with E-state index in [1.54, 1.807) is 17.4 Å². The standard InChI is InChI=1S/C15H16ClNOS/c1-11(2)17(9-12-5-4-8-19-12)15-7-3-6-14(16)13(15)10-18/h3-8,10-11H,9H2,1-2H3. The van der Waals surface area contributed by atoms with Gasteiger partial charge in [-0.3, -0.25) is 4.79 Å². The predicted octanol–water partition coefficient (Wildman–Crippen LogP) is 4.63. The van der Waals surface area contributed by atoms with Gasteiger partial charge in [0, 0.05) is 16.6 Å². The molecule has 0 aliphatic heterocycles. The Hall–Kier alpha value is -1.32. The van der Waals surface area contributed by atoms with Crippen LogP contribution in [0.4, 0.5) is 5.69 Å². The molecule has 1 aromatic carbocycles. The van der Waals surface area contributed by atoms with Crippen molar-refractivity contribution in [1.82, 2.24) is 0 Å². The third-order valence-electron chi connectivity index (χ3n) is 2.99. The molecule has 0 amide bonds. The Labute approximate surface area is 122 Å². The molecule has 0 radical (unpaired) electrons. The van der Waals surface area contributed by atoms with Gasteiger partial charge in [0.2, 0.25) is 0 Å². The Morgan fingerprint density at radius 1 is 1.32 bits per heavy atom. The van der Waals surface area contributed by atoms with Crippen molar-refractivity contribution < 1.29 is 4.79 Å². The maximum Gasteiger partial charge on any atom is 0.153 e. The highest BCUT2D eigenvalue weighted by Gasteiger charge is 2.16. The summed E-state index contributed by atoms with van der Waals surface area (Å²) in [6.07, 6.45) is 0.835. The van der Waals surface area contributed by atoms with E-state index in [9.17, 15) is 4.79 Å². The number of carbonyl (C=O) groups is 1. The quantitative estimate of drug-likeness (QED) is 0.749. The number of benzene rings is 1. The first-order chi connectivity index (χ1) is 9.13. The molecule has 1 aromatic heterocycles. The normalized spacial score (nSPS) is 10.7. The van der Waals surface area contributed by atoms with Crippen LogP contribution < -0.4 is 4.90 Å². The van der Waals surface area contributed by atoms with Crippen LogP contribution in [0.2, 0.25) is 5.02 Å². The van der Waals surface area contributed by atoms with Gasteiger partial charge in [0.05, 0.1) is 17.1 Å². The Kier molecular flexibility index (Phi) is 4.61. The number of nitrogens with zero attached hydrogens (tertiary/aromatic N) is 1. The average Bonchev–Trinajstić information content (AvgIpc) is 2.88. The number of halogens is 1. The molecule has 1 heterocycles. The largest absolute Gasteiger partial charge is 0.363 e. The Morgan fingerprint density at radius 2 is 2.11 bits per heavy atom. The molecule has 0 bridgehead atoms. The van der Waals surface area contributed by atoms with Gasteiger partial charge in [-0.1, -0.05) is 23.7 Å². The van der Waals surface area contributed by atoms with Crippen LogP contribution in [0.5, 0.6) is 0 Å². The van der Waals surface area contributed by atoms with Gasteiger partial charge in [0.15, 0.2) is 6.29 Å². The van der Waals surface area contributed by atoms with E-state index in [2.05, 4.69) is 30.2 Å². The van der Waals surface area contributed by atoms with Crippen LogP contribution in [0.25, 0.3) is 0 Å². The van der Waals surface area contributed by atoms with Crippen molar-refractivity contribution in [2.75, 3.05) is 4.90 Å². The van der Waals surface area contributed by atoms with Gasteiger partial charge in [-0.25, -0.2) is 0 Å². The molecule has 2 aromatic rings. The van der Waals surface area contributed by atoms with E-state index in [1.165, 1.54) is 4.88 Å². The predicted molar refractivity (Wildman–Crippen MR) is 82.5 cm³/mol. The molecule has 100 valence electrons. The lowest BCUT2D eigenvalue weighted by atomic mass is 10.1. The van der Waals surface area contributed by atoms with Crippen LogP contribution in [-0.2, 0) is 6.54 Å². The van der Waals surface area contributed by atoms with Crippen LogP contribution in [0.3, 0.4) is 0 Å². The first-order valence-electron chi connectivity index (χ1n) is 6.16. The minimum absolute atomic E-state index is 0.291. The summed E-state index contributed by atoms with van der Waals surface area (Å²) in [5, 5.41) is 2.57. The zero-order chi connectivity index (χ0) is 13.8. The number of thiophene rings is 1. The van der Waals surface area contributed by atoms with Crippen LogP contribution >= 0.6 is 22.9 Å². The van der Waals surface area contributed by atoms with Crippen LogP contribution in [0.1, 0.15) is 29.1 Å². The van der Waals surface area contributed by atoms with E-state index in [1.807, 2.05) is 18.2 Å². The number of aldehydes is 1. The van der Waals surface area contributed by atoms with E-state index in [0.29, 0.717) is 16.6 Å². The molecule has 0 atom stereocenters. The number of carbonyl (C=O) groups excluding carboxylic acids is 1. The highest BCUT2D eigenvalue weighted by atomic mass is 35.5. The van der Waals surface area contributed by atoms with Gasteiger partial charge in [0.25, 0.3) is 0 Å². The monoisotopic (exact) mass is 293 g/mol. The zero-order valence-electron chi connectivity index (χ0n) is 11.0. The van der Waals surface area contributed by atoms with Gasteiger partial charge >= 0.3 is 0 Å². The van der Waals surface area contributed by atoms with Gasteiger partial charge in [-0.2, -0.15) is 0 Å². The van der Waals surface area contributed by atoms with Gasteiger partial charge in [0.1, 0.15) is 0 Å². The summed E-state index contributed by atoms with van der Waals surface area (Å²) >= 11 is 7.82. The Bertz CT molecular complexity index is 551. The maximum atomic E-state index is 11.3. The molecule has 0 saturated heterocycles. The van der Waals surface area contributed by atoms with E-state index < -0.39 is 0 Å². The molecule has 0 unspecified atom stereocenters. The second-order valence-corrected chi connectivity index (χ2v) is 6.03. The third-order valence-corrected chi connectivity index (χ3v) is 4.18. The molecule has 19 heavy (non-hydrogen) atoms. The number of rotatable bonds is 5. The zero-order valence-corrected chi connectivity index (χ0v) is 12.5.